The van der Waals surface area contributed by atoms with Crippen LogP contribution in [0.1, 0.15) is 36.5 Å². The van der Waals surface area contributed by atoms with Crippen LogP contribution in [0.5, 0.6) is 0 Å². The fourth-order valence-corrected chi connectivity index (χ4v) is 6.82. The molecule has 0 aliphatic carbocycles. The number of halogens is 3. The quantitative estimate of drug-likeness (QED) is 0.143. The van der Waals surface area contributed by atoms with E-state index >= 15 is 0 Å². The number of rotatable bonds is 14. The zero-order valence-electron chi connectivity index (χ0n) is 25.6. The second-order valence-corrected chi connectivity index (χ2v) is 13.5. The Hall–Kier alpha value is -3.92. The third kappa shape index (κ3) is 8.87. The highest BCUT2D eigenvalue weighted by molar-refractivity contribution is 7.92. The molecular formula is C35H36Cl2FN3O4S. The number of carbonyl (C=O) groups is 2. The first-order chi connectivity index (χ1) is 22.0. The highest BCUT2D eigenvalue weighted by Crippen LogP contribution is 2.29. The van der Waals surface area contributed by atoms with Crippen molar-refractivity contribution in [3.63, 3.8) is 0 Å². The molecule has 0 aliphatic heterocycles. The number of benzene rings is 4. The Morgan fingerprint density at radius 1 is 0.870 bits per heavy atom. The molecule has 11 heteroatoms. The Labute approximate surface area is 280 Å². The average Bonchev–Trinajstić information content (AvgIpc) is 3.04. The maximum Gasteiger partial charge on any atom is 0.264 e. The minimum Gasteiger partial charge on any atom is -0.354 e. The molecule has 4 aromatic carbocycles. The first-order valence-corrected chi connectivity index (χ1v) is 17.1. The molecule has 4 rings (SSSR count). The van der Waals surface area contributed by atoms with Crippen molar-refractivity contribution in [1.82, 2.24) is 10.2 Å². The smallest absolute Gasteiger partial charge is 0.264 e. The van der Waals surface area contributed by atoms with Gasteiger partial charge in [0.1, 0.15) is 18.4 Å². The van der Waals surface area contributed by atoms with E-state index < -0.39 is 40.2 Å². The molecule has 7 nitrogen and oxygen atoms in total. The Morgan fingerprint density at radius 2 is 1.50 bits per heavy atom. The third-order valence-corrected chi connectivity index (χ3v) is 9.99. The number of amides is 2. The SMILES string of the molecule is CCCCNC(=O)C(Cc1ccccc1)N(Cc1c(Cl)cccc1Cl)C(=O)CN(c1ccc(C)cc1)S(=O)(=O)c1ccc(F)cc1. The predicted octanol–water partition coefficient (Wildman–Crippen LogP) is 7.19. The minimum atomic E-state index is -4.36. The van der Waals surface area contributed by atoms with Crippen molar-refractivity contribution in [3.05, 3.63) is 130 Å². The molecule has 0 spiro atoms. The van der Waals surface area contributed by atoms with Gasteiger partial charge in [-0.1, -0.05) is 90.6 Å². The molecule has 0 fully saturated rings. The van der Waals surface area contributed by atoms with Gasteiger partial charge in [0.15, 0.2) is 0 Å². The lowest BCUT2D eigenvalue weighted by atomic mass is 10.0. The van der Waals surface area contributed by atoms with Crippen LogP contribution < -0.4 is 9.62 Å². The van der Waals surface area contributed by atoms with E-state index in [0.717, 1.165) is 52.5 Å². The van der Waals surface area contributed by atoms with E-state index in [-0.39, 0.29) is 23.5 Å². The largest absolute Gasteiger partial charge is 0.354 e. The number of nitrogens with zero attached hydrogens (tertiary/aromatic N) is 2. The summed E-state index contributed by atoms with van der Waals surface area (Å²) in [5, 5.41) is 3.53. The number of carbonyl (C=O) groups excluding carboxylic acids is 2. The Morgan fingerprint density at radius 3 is 2.11 bits per heavy atom. The molecule has 0 heterocycles. The number of hydrogen-bond donors (Lipinski definition) is 1. The molecule has 0 saturated carbocycles. The lowest BCUT2D eigenvalue weighted by molar-refractivity contribution is -0.140. The van der Waals surface area contributed by atoms with Crippen molar-refractivity contribution in [1.29, 1.82) is 0 Å². The van der Waals surface area contributed by atoms with E-state index in [0.29, 0.717) is 22.2 Å². The molecule has 0 radical (unpaired) electrons. The summed E-state index contributed by atoms with van der Waals surface area (Å²) in [4.78, 5) is 29.5. The topological polar surface area (TPSA) is 86.8 Å². The summed E-state index contributed by atoms with van der Waals surface area (Å²) in [5.41, 5.74) is 2.33. The molecule has 1 atom stereocenters. The third-order valence-electron chi connectivity index (χ3n) is 7.49. The van der Waals surface area contributed by atoms with Gasteiger partial charge < -0.3 is 10.2 Å². The van der Waals surface area contributed by atoms with Gasteiger partial charge >= 0.3 is 0 Å². The number of anilines is 1. The van der Waals surface area contributed by atoms with E-state index in [4.69, 9.17) is 23.2 Å². The average molecular weight is 685 g/mol. The molecule has 242 valence electrons. The van der Waals surface area contributed by atoms with Crippen molar-refractivity contribution in [2.75, 3.05) is 17.4 Å². The van der Waals surface area contributed by atoms with E-state index in [9.17, 15) is 22.4 Å². The summed E-state index contributed by atoms with van der Waals surface area (Å²) in [7, 11) is -4.36. The molecule has 46 heavy (non-hydrogen) atoms. The highest BCUT2D eigenvalue weighted by atomic mass is 35.5. The Bertz CT molecular complexity index is 1720. The fourth-order valence-electron chi connectivity index (χ4n) is 4.89. The zero-order chi connectivity index (χ0) is 33.3. The maximum absolute atomic E-state index is 14.5. The predicted molar refractivity (Wildman–Crippen MR) is 181 cm³/mol. The van der Waals surface area contributed by atoms with Gasteiger partial charge in [0.2, 0.25) is 11.8 Å². The number of sulfonamides is 1. The molecule has 4 aromatic rings. The molecule has 1 unspecified atom stereocenters. The van der Waals surface area contributed by atoms with Crippen LogP contribution in [0.25, 0.3) is 0 Å². The summed E-state index contributed by atoms with van der Waals surface area (Å²) < 4.78 is 42.8. The van der Waals surface area contributed by atoms with E-state index in [1.807, 2.05) is 44.2 Å². The van der Waals surface area contributed by atoms with Crippen molar-refractivity contribution >= 4 is 50.7 Å². The number of aryl methyl sites for hydroxylation is 1. The lowest BCUT2D eigenvalue weighted by Gasteiger charge is -2.34. The van der Waals surface area contributed by atoms with Crippen LogP contribution in [0, 0.1) is 12.7 Å². The van der Waals surface area contributed by atoms with E-state index in [1.165, 1.54) is 4.90 Å². The zero-order valence-corrected chi connectivity index (χ0v) is 28.0. The Balaban J connectivity index is 1.82. The number of hydrogen-bond acceptors (Lipinski definition) is 4. The first-order valence-electron chi connectivity index (χ1n) is 14.9. The summed E-state index contributed by atoms with van der Waals surface area (Å²) in [6.45, 7) is 3.45. The molecule has 0 saturated heterocycles. The van der Waals surface area contributed by atoms with Crippen LogP contribution in [0.15, 0.2) is 102 Å². The van der Waals surface area contributed by atoms with E-state index in [2.05, 4.69) is 5.32 Å². The first kappa shape index (κ1) is 34.9. The van der Waals surface area contributed by atoms with Crippen LogP contribution in [-0.4, -0.2) is 44.3 Å². The van der Waals surface area contributed by atoms with E-state index in [1.54, 1.807) is 42.5 Å². The van der Waals surface area contributed by atoms with Gasteiger partial charge in [0.25, 0.3) is 10.0 Å². The van der Waals surface area contributed by atoms with Crippen molar-refractivity contribution in [2.24, 2.45) is 0 Å². The monoisotopic (exact) mass is 683 g/mol. The summed E-state index contributed by atoms with van der Waals surface area (Å²) in [5.74, 6) is -1.65. The normalized spacial score (nSPS) is 11.9. The van der Waals surface area contributed by atoms with Crippen LogP contribution in [-0.2, 0) is 32.6 Å². The van der Waals surface area contributed by atoms with Crippen LogP contribution >= 0.6 is 23.2 Å². The molecule has 2 amide bonds. The van der Waals surface area contributed by atoms with Crippen molar-refractivity contribution in [2.45, 2.75) is 50.6 Å². The van der Waals surface area contributed by atoms with Crippen LogP contribution in [0.2, 0.25) is 10.0 Å². The molecule has 0 bridgehead atoms. The second kappa shape index (κ2) is 16.1. The van der Waals surface area contributed by atoms with Crippen molar-refractivity contribution < 1.29 is 22.4 Å². The van der Waals surface area contributed by atoms with Gasteiger partial charge in [0.05, 0.1) is 10.6 Å². The number of unbranched alkanes of at least 4 members (excludes halogenated alkanes) is 1. The highest BCUT2D eigenvalue weighted by Gasteiger charge is 2.35. The fraction of sp³-hybridized carbons (Fsp3) is 0.257. The lowest BCUT2D eigenvalue weighted by Crippen LogP contribution is -2.53. The molecule has 1 N–H and O–H groups in total. The van der Waals surface area contributed by atoms with Gasteiger partial charge in [-0.25, -0.2) is 12.8 Å². The molecular weight excluding hydrogens is 648 g/mol. The maximum atomic E-state index is 14.5. The Kier molecular flexibility index (Phi) is 12.2. The summed E-state index contributed by atoms with van der Waals surface area (Å²) in [6.07, 6.45) is 1.75. The standard InChI is InChI=1S/C35H36Cl2FN3O4S/c1-3-4-21-39-35(43)33(22-26-9-6-5-7-10-26)40(23-30-31(36)11-8-12-32(30)37)34(42)24-41(28-17-13-25(2)14-18-28)46(44,45)29-19-15-27(38)16-20-29/h5-20,33H,3-4,21-24H2,1-2H3,(H,39,43). The van der Waals surface area contributed by atoms with Crippen LogP contribution in [0.4, 0.5) is 10.1 Å². The van der Waals surface area contributed by atoms with Gasteiger partial charge in [0, 0.05) is 35.1 Å². The van der Waals surface area contributed by atoms with Gasteiger partial charge in [-0.05, 0) is 67.4 Å². The molecule has 0 aromatic heterocycles. The van der Waals surface area contributed by atoms with Crippen LogP contribution in [0.3, 0.4) is 0 Å². The van der Waals surface area contributed by atoms with Crippen molar-refractivity contribution in [3.8, 4) is 0 Å². The van der Waals surface area contributed by atoms with Gasteiger partial charge in [-0.15, -0.1) is 0 Å². The van der Waals surface area contributed by atoms with Gasteiger partial charge in [-0.2, -0.15) is 0 Å². The summed E-state index contributed by atoms with van der Waals surface area (Å²) >= 11 is 13.1. The minimum absolute atomic E-state index is 0.155. The summed E-state index contributed by atoms with van der Waals surface area (Å²) in [6, 6.07) is 24.2. The number of nitrogens with one attached hydrogen (secondary N) is 1. The van der Waals surface area contributed by atoms with Gasteiger partial charge in [-0.3, -0.25) is 13.9 Å². The second-order valence-electron chi connectivity index (χ2n) is 10.9. The molecule has 0 aliphatic rings.